The van der Waals surface area contributed by atoms with Gasteiger partial charge >= 0.3 is 0 Å². The minimum atomic E-state index is -0.0370. The lowest BCUT2D eigenvalue weighted by Crippen LogP contribution is -2.22. The van der Waals surface area contributed by atoms with Gasteiger partial charge in [-0.2, -0.15) is 11.3 Å². The predicted octanol–water partition coefficient (Wildman–Crippen LogP) is 4.06. The van der Waals surface area contributed by atoms with E-state index in [9.17, 15) is 4.79 Å². The molecule has 0 saturated carbocycles. The van der Waals surface area contributed by atoms with Crippen LogP contribution in [0.15, 0.2) is 33.4 Å². The van der Waals surface area contributed by atoms with Crippen LogP contribution in [0, 0.1) is 13.8 Å². The van der Waals surface area contributed by atoms with Crippen LogP contribution in [0.3, 0.4) is 0 Å². The zero-order valence-corrected chi connectivity index (χ0v) is 12.7. The number of thiophene rings is 1. The van der Waals surface area contributed by atoms with E-state index in [0.717, 1.165) is 10.0 Å². The van der Waals surface area contributed by atoms with Crippen LogP contribution in [0.2, 0.25) is 0 Å². The van der Waals surface area contributed by atoms with Gasteiger partial charge in [0, 0.05) is 16.6 Å². The molecule has 0 aliphatic heterocycles. The molecule has 1 aromatic heterocycles. The van der Waals surface area contributed by atoms with Crippen LogP contribution >= 0.6 is 27.3 Å². The number of carbonyl (C=O) groups is 1. The van der Waals surface area contributed by atoms with E-state index in [1.165, 1.54) is 11.1 Å². The van der Waals surface area contributed by atoms with Crippen molar-refractivity contribution in [2.75, 3.05) is 0 Å². The Morgan fingerprint density at radius 1 is 1.28 bits per heavy atom. The smallest absolute Gasteiger partial charge is 0.251 e. The van der Waals surface area contributed by atoms with E-state index < -0.39 is 0 Å². The Morgan fingerprint density at radius 2 is 2.06 bits per heavy atom. The predicted molar refractivity (Wildman–Crippen MR) is 79.1 cm³/mol. The SMILES string of the molecule is Cc1cc(Br)cc(C(=O)NCc2cscc2C)c1. The average molecular weight is 324 g/mol. The van der Waals surface area contributed by atoms with Gasteiger partial charge in [0.25, 0.3) is 5.91 Å². The van der Waals surface area contributed by atoms with Crippen LogP contribution < -0.4 is 5.32 Å². The Hall–Kier alpha value is -1.13. The van der Waals surface area contributed by atoms with Crippen molar-refractivity contribution in [3.05, 3.63) is 55.7 Å². The summed E-state index contributed by atoms with van der Waals surface area (Å²) in [5.41, 5.74) is 4.17. The molecule has 1 N–H and O–H groups in total. The van der Waals surface area contributed by atoms with Crippen LogP contribution in [0.4, 0.5) is 0 Å². The summed E-state index contributed by atoms with van der Waals surface area (Å²) in [6, 6.07) is 5.71. The van der Waals surface area contributed by atoms with Gasteiger partial charge in [-0.15, -0.1) is 0 Å². The highest BCUT2D eigenvalue weighted by atomic mass is 79.9. The number of rotatable bonds is 3. The van der Waals surface area contributed by atoms with E-state index in [2.05, 4.69) is 38.9 Å². The lowest BCUT2D eigenvalue weighted by Gasteiger charge is -2.06. The summed E-state index contributed by atoms with van der Waals surface area (Å²) in [5.74, 6) is -0.0370. The minimum Gasteiger partial charge on any atom is -0.348 e. The number of hydrogen-bond acceptors (Lipinski definition) is 2. The third kappa shape index (κ3) is 3.21. The van der Waals surface area contributed by atoms with Crippen LogP contribution in [0.1, 0.15) is 27.0 Å². The van der Waals surface area contributed by atoms with Gasteiger partial charge in [-0.1, -0.05) is 15.9 Å². The first-order chi connectivity index (χ1) is 8.56. The molecule has 1 amide bonds. The molecule has 0 bridgehead atoms. The number of benzene rings is 1. The topological polar surface area (TPSA) is 29.1 Å². The lowest BCUT2D eigenvalue weighted by molar-refractivity contribution is 0.0951. The normalized spacial score (nSPS) is 10.4. The van der Waals surface area contributed by atoms with Crippen LogP contribution in [0.5, 0.6) is 0 Å². The number of hydrogen-bond donors (Lipinski definition) is 1. The van der Waals surface area contributed by atoms with Gasteiger partial charge in [0.2, 0.25) is 0 Å². The zero-order valence-electron chi connectivity index (χ0n) is 10.3. The highest BCUT2D eigenvalue weighted by Crippen LogP contribution is 2.16. The van der Waals surface area contributed by atoms with Crippen molar-refractivity contribution in [2.45, 2.75) is 20.4 Å². The fraction of sp³-hybridized carbons (Fsp3) is 0.214. The number of nitrogens with one attached hydrogen (secondary N) is 1. The first-order valence-corrected chi connectivity index (χ1v) is 7.37. The molecule has 0 aliphatic carbocycles. The molecule has 4 heteroatoms. The fourth-order valence-electron chi connectivity index (χ4n) is 1.71. The van der Waals surface area contributed by atoms with Gasteiger partial charge in [0.1, 0.15) is 0 Å². The van der Waals surface area contributed by atoms with Gasteiger partial charge in [-0.3, -0.25) is 4.79 Å². The maximum Gasteiger partial charge on any atom is 0.251 e. The number of aryl methyl sites for hydroxylation is 2. The fourth-order valence-corrected chi connectivity index (χ4v) is 3.18. The second kappa shape index (κ2) is 5.67. The maximum atomic E-state index is 12.0. The molecule has 94 valence electrons. The molecule has 0 spiro atoms. The van der Waals surface area contributed by atoms with E-state index in [0.29, 0.717) is 12.1 Å². The minimum absolute atomic E-state index is 0.0370. The van der Waals surface area contributed by atoms with Crippen molar-refractivity contribution in [1.29, 1.82) is 0 Å². The summed E-state index contributed by atoms with van der Waals surface area (Å²) in [7, 11) is 0. The van der Waals surface area contributed by atoms with Crippen molar-refractivity contribution < 1.29 is 4.79 Å². The molecule has 0 fully saturated rings. The molecule has 0 saturated heterocycles. The first kappa shape index (κ1) is 13.3. The van der Waals surface area contributed by atoms with E-state index >= 15 is 0 Å². The van der Waals surface area contributed by atoms with Crippen molar-refractivity contribution >= 4 is 33.2 Å². The quantitative estimate of drug-likeness (QED) is 0.906. The van der Waals surface area contributed by atoms with Crippen molar-refractivity contribution in [2.24, 2.45) is 0 Å². The Balaban J connectivity index is 2.06. The van der Waals surface area contributed by atoms with Crippen molar-refractivity contribution in [3.63, 3.8) is 0 Å². The van der Waals surface area contributed by atoms with E-state index in [1.54, 1.807) is 11.3 Å². The first-order valence-electron chi connectivity index (χ1n) is 5.63. The van der Waals surface area contributed by atoms with Crippen LogP contribution in [-0.2, 0) is 6.54 Å². The summed E-state index contributed by atoms with van der Waals surface area (Å²) in [5, 5.41) is 7.10. The standard InChI is InChI=1S/C14H14BrNOS/c1-9-3-11(5-13(15)4-9)14(17)16-6-12-8-18-7-10(12)2/h3-5,7-8H,6H2,1-2H3,(H,16,17). The number of halogens is 1. The monoisotopic (exact) mass is 323 g/mol. The van der Waals surface area contributed by atoms with Gasteiger partial charge in [0.15, 0.2) is 0 Å². The molecule has 0 atom stereocenters. The molecule has 0 radical (unpaired) electrons. The summed E-state index contributed by atoms with van der Waals surface area (Å²) in [6.07, 6.45) is 0. The van der Waals surface area contributed by atoms with E-state index in [1.807, 2.05) is 25.1 Å². The van der Waals surface area contributed by atoms with Gasteiger partial charge in [0.05, 0.1) is 0 Å². The third-order valence-corrected chi connectivity index (χ3v) is 4.07. The molecular formula is C14H14BrNOS. The Kier molecular flexibility index (Phi) is 4.19. The second-order valence-corrected chi connectivity index (χ2v) is 5.94. The van der Waals surface area contributed by atoms with Gasteiger partial charge in [-0.05, 0) is 59.5 Å². The van der Waals surface area contributed by atoms with Crippen molar-refractivity contribution in [1.82, 2.24) is 5.32 Å². The summed E-state index contributed by atoms with van der Waals surface area (Å²) >= 11 is 5.06. The molecule has 18 heavy (non-hydrogen) atoms. The largest absolute Gasteiger partial charge is 0.348 e. The third-order valence-electron chi connectivity index (χ3n) is 2.71. The van der Waals surface area contributed by atoms with Crippen molar-refractivity contribution in [3.8, 4) is 0 Å². The molecule has 2 rings (SSSR count). The summed E-state index contributed by atoms with van der Waals surface area (Å²) in [4.78, 5) is 12.0. The highest BCUT2D eigenvalue weighted by molar-refractivity contribution is 9.10. The van der Waals surface area contributed by atoms with Gasteiger partial charge in [-0.25, -0.2) is 0 Å². The molecule has 2 aromatic rings. The number of amides is 1. The van der Waals surface area contributed by atoms with E-state index in [-0.39, 0.29) is 5.91 Å². The van der Waals surface area contributed by atoms with Crippen LogP contribution in [0.25, 0.3) is 0 Å². The highest BCUT2D eigenvalue weighted by Gasteiger charge is 2.07. The Labute approximate surface area is 119 Å². The molecule has 2 nitrogen and oxygen atoms in total. The Morgan fingerprint density at radius 3 is 2.67 bits per heavy atom. The summed E-state index contributed by atoms with van der Waals surface area (Å²) < 4.78 is 0.930. The van der Waals surface area contributed by atoms with Gasteiger partial charge < -0.3 is 5.32 Å². The second-order valence-electron chi connectivity index (χ2n) is 4.28. The Bertz CT molecular complexity index is 557. The summed E-state index contributed by atoms with van der Waals surface area (Å²) in [6.45, 7) is 4.62. The average Bonchev–Trinajstić information content (AvgIpc) is 2.70. The van der Waals surface area contributed by atoms with E-state index in [4.69, 9.17) is 0 Å². The zero-order chi connectivity index (χ0) is 13.1. The number of carbonyl (C=O) groups excluding carboxylic acids is 1. The molecular weight excluding hydrogens is 310 g/mol. The molecule has 1 heterocycles. The molecule has 0 unspecified atom stereocenters. The molecule has 1 aromatic carbocycles. The maximum absolute atomic E-state index is 12.0. The molecule has 0 aliphatic rings. The lowest BCUT2D eigenvalue weighted by atomic mass is 10.1. The van der Waals surface area contributed by atoms with Crippen LogP contribution in [-0.4, -0.2) is 5.91 Å².